The number of hydrogen-bond donors (Lipinski definition) is 6. The third-order valence-electron chi connectivity index (χ3n) is 3.14. The number of nitrogens with two attached hydrogens (primary N) is 1. The van der Waals surface area contributed by atoms with Gasteiger partial charge in [0.05, 0.1) is 6.04 Å². The standard InChI is InChI=1S/C14H25N3O6S/c1-7(2)5-9(13(21)17-10(6-24)14(22)23)16-12(20)8(15)3-4-11(18)19/h7-10,24H,3-6,15H2,1-2H3,(H,16,20)(H,17,21)(H,18,19)(H,22,23)/t8-,9-,10-/m0/s1. The van der Waals surface area contributed by atoms with Crippen LogP contribution in [0.2, 0.25) is 0 Å². The van der Waals surface area contributed by atoms with E-state index < -0.39 is 41.9 Å². The minimum absolute atomic E-state index is 0.0515. The zero-order chi connectivity index (χ0) is 18.9. The molecule has 0 aromatic carbocycles. The van der Waals surface area contributed by atoms with E-state index in [4.69, 9.17) is 15.9 Å². The Bertz CT molecular complexity index is 471. The van der Waals surface area contributed by atoms with Crippen LogP contribution in [0.15, 0.2) is 0 Å². The van der Waals surface area contributed by atoms with Crippen molar-refractivity contribution in [1.82, 2.24) is 10.6 Å². The van der Waals surface area contributed by atoms with Gasteiger partial charge in [-0.2, -0.15) is 12.6 Å². The second kappa shape index (κ2) is 10.9. The van der Waals surface area contributed by atoms with Crippen LogP contribution < -0.4 is 16.4 Å². The fourth-order valence-corrected chi connectivity index (χ4v) is 2.10. The third-order valence-corrected chi connectivity index (χ3v) is 3.51. The fourth-order valence-electron chi connectivity index (χ4n) is 1.85. The molecule has 3 atom stereocenters. The first-order chi connectivity index (χ1) is 11.1. The van der Waals surface area contributed by atoms with Crippen LogP contribution in [0.3, 0.4) is 0 Å². The van der Waals surface area contributed by atoms with Gasteiger partial charge in [-0.1, -0.05) is 13.8 Å². The molecule has 0 aliphatic carbocycles. The van der Waals surface area contributed by atoms with Crippen molar-refractivity contribution in [2.24, 2.45) is 11.7 Å². The molecule has 9 nitrogen and oxygen atoms in total. The van der Waals surface area contributed by atoms with Crippen molar-refractivity contribution in [3.05, 3.63) is 0 Å². The van der Waals surface area contributed by atoms with Gasteiger partial charge in [-0.3, -0.25) is 14.4 Å². The van der Waals surface area contributed by atoms with Crippen molar-refractivity contribution >= 4 is 36.4 Å². The Morgan fingerprint density at radius 3 is 2.00 bits per heavy atom. The topological polar surface area (TPSA) is 159 Å². The number of hydrogen-bond acceptors (Lipinski definition) is 6. The summed E-state index contributed by atoms with van der Waals surface area (Å²) in [5, 5.41) is 22.3. The molecule has 0 aliphatic heterocycles. The van der Waals surface area contributed by atoms with Crippen LogP contribution in [0.5, 0.6) is 0 Å². The van der Waals surface area contributed by atoms with Gasteiger partial charge in [-0.25, -0.2) is 4.79 Å². The highest BCUT2D eigenvalue weighted by Gasteiger charge is 2.28. The molecule has 0 aliphatic rings. The van der Waals surface area contributed by atoms with Crippen LogP contribution in [0.25, 0.3) is 0 Å². The molecule has 10 heteroatoms. The summed E-state index contributed by atoms with van der Waals surface area (Å²) in [5.74, 6) is -3.66. The van der Waals surface area contributed by atoms with Crippen LogP contribution in [0.4, 0.5) is 0 Å². The maximum Gasteiger partial charge on any atom is 0.327 e. The van der Waals surface area contributed by atoms with Gasteiger partial charge in [0.2, 0.25) is 11.8 Å². The Kier molecular flexibility index (Phi) is 10.0. The number of rotatable bonds is 11. The van der Waals surface area contributed by atoms with Crippen LogP contribution in [-0.4, -0.2) is 57.8 Å². The molecule has 6 N–H and O–H groups in total. The monoisotopic (exact) mass is 363 g/mol. The highest BCUT2D eigenvalue weighted by Crippen LogP contribution is 2.07. The molecule has 0 aromatic heterocycles. The summed E-state index contributed by atoms with van der Waals surface area (Å²) in [7, 11) is 0. The molecule has 0 saturated carbocycles. The minimum atomic E-state index is -1.23. The lowest BCUT2D eigenvalue weighted by Gasteiger charge is -2.23. The van der Waals surface area contributed by atoms with Gasteiger partial charge >= 0.3 is 11.9 Å². The Balaban J connectivity index is 4.86. The Hall–Kier alpha value is -1.81. The van der Waals surface area contributed by atoms with E-state index >= 15 is 0 Å². The molecule has 2 amide bonds. The lowest BCUT2D eigenvalue weighted by molar-refractivity contribution is -0.141. The normalized spacial score (nSPS) is 14.5. The van der Waals surface area contributed by atoms with Crippen molar-refractivity contribution in [2.75, 3.05) is 5.75 Å². The van der Waals surface area contributed by atoms with Gasteiger partial charge in [0.15, 0.2) is 0 Å². The summed E-state index contributed by atoms with van der Waals surface area (Å²) in [6.45, 7) is 3.67. The molecule has 0 rings (SSSR count). The molecule has 0 aromatic rings. The van der Waals surface area contributed by atoms with Gasteiger partial charge in [0.1, 0.15) is 12.1 Å². The first-order valence-corrected chi connectivity index (χ1v) is 8.13. The molecule has 0 radical (unpaired) electrons. The van der Waals surface area contributed by atoms with Gasteiger partial charge < -0.3 is 26.6 Å². The molecular formula is C14H25N3O6S. The molecule has 24 heavy (non-hydrogen) atoms. The molecule has 138 valence electrons. The number of amides is 2. The molecule has 0 heterocycles. The SMILES string of the molecule is CC(C)C[C@H](NC(=O)[C@@H](N)CCC(=O)O)C(=O)N[C@@H](CS)C(=O)O. The predicted octanol–water partition coefficient (Wildman–Crippen LogP) is -0.791. The van der Waals surface area contributed by atoms with Gasteiger partial charge in [0, 0.05) is 12.2 Å². The smallest absolute Gasteiger partial charge is 0.327 e. The van der Waals surface area contributed by atoms with Crippen molar-refractivity contribution in [3.63, 3.8) is 0 Å². The highest BCUT2D eigenvalue weighted by molar-refractivity contribution is 7.80. The van der Waals surface area contributed by atoms with Crippen molar-refractivity contribution < 1.29 is 29.4 Å². The van der Waals surface area contributed by atoms with Crippen molar-refractivity contribution in [1.29, 1.82) is 0 Å². The summed E-state index contributed by atoms with van der Waals surface area (Å²) < 4.78 is 0. The minimum Gasteiger partial charge on any atom is -0.481 e. The summed E-state index contributed by atoms with van der Waals surface area (Å²) in [4.78, 5) is 45.7. The zero-order valence-corrected chi connectivity index (χ0v) is 14.6. The summed E-state index contributed by atoms with van der Waals surface area (Å²) in [6, 6.07) is -3.20. The number of aliphatic carboxylic acids is 2. The zero-order valence-electron chi connectivity index (χ0n) is 13.7. The van der Waals surface area contributed by atoms with Crippen molar-refractivity contribution in [3.8, 4) is 0 Å². The number of thiol groups is 1. The first kappa shape index (κ1) is 22.2. The Morgan fingerprint density at radius 1 is 1.04 bits per heavy atom. The first-order valence-electron chi connectivity index (χ1n) is 7.50. The third kappa shape index (κ3) is 8.73. The number of carbonyl (C=O) groups excluding carboxylic acids is 2. The van der Waals surface area contributed by atoms with E-state index in [0.29, 0.717) is 0 Å². The lowest BCUT2D eigenvalue weighted by Crippen LogP contribution is -2.55. The van der Waals surface area contributed by atoms with Crippen LogP contribution >= 0.6 is 12.6 Å². The summed E-state index contributed by atoms with van der Waals surface area (Å²) >= 11 is 3.86. The van der Waals surface area contributed by atoms with E-state index in [2.05, 4.69) is 23.3 Å². The van der Waals surface area contributed by atoms with E-state index in [1.54, 1.807) is 0 Å². The summed E-state index contributed by atoms with van der Waals surface area (Å²) in [5.41, 5.74) is 5.61. The van der Waals surface area contributed by atoms with E-state index in [1.807, 2.05) is 13.8 Å². The largest absolute Gasteiger partial charge is 0.481 e. The van der Waals surface area contributed by atoms with Gasteiger partial charge in [0.25, 0.3) is 0 Å². The van der Waals surface area contributed by atoms with E-state index in [1.165, 1.54) is 0 Å². The van der Waals surface area contributed by atoms with Crippen LogP contribution in [0.1, 0.15) is 33.1 Å². The second-order valence-corrected chi connectivity index (χ2v) is 6.18. The van der Waals surface area contributed by atoms with E-state index in [9.17, 15) is 19.2 Å². The van der Waals surface area contributed by atoms with Gasteiger partial charge in [-0.05, 0) is 18.8 Å². The number of nitrogens with one attached hydrogen (secondary N) is 2. The molecule has 0 bridgehead atoms. The Morgan fingerprint density at radius 2 is 1.58 bits per heavy atom. The number of carboxylic acids is 2. The Labute approximate surface area is 145 Å². The molecule has 0 spiro atoms. The maximum atomic E-state index is 12.2. The molecule has 0 unspecified atom stereocenters. The molecular weight excluding hydrogens is 338 g/mol. The van der Waals surface area contributed by atoms with Crippen LogP contribution in [0, 0.1) is 5.92 Å². The second-order valence-electron chi connectivity index (χ2n) is 5.81. The molecule has 0 fully saturated rings. The van der Waals surface area contributed by atoms with Gasteiger partial charge in [-0.15, -0.1) is 0 Å². The predicted molar refractivity (Wildman–Crippen MR) is 89.7 cm³/mol. The van der Waals surface area contributed by atoms with E-state index in [0.717, 1.165) is 0 Å². The quantitative estimate of drug-likeness (QED) is 0.262. The summed E-state index contributed by atoms with van der Waals surface area (Å²) in [6.07, 6.45) is -0.0515. The molecule has 0 saturated heterocycles. The highest BCUT2D eigenvalue weighted by atomic mass is 32.1. The fraction of sp³-hybridized carbons (Fsp3) is 0.714. The number of carboxylic acid groups (broad SMARTS) is 2. The number of carbonyl (C=O) groups is 4. The maximum absolute atomic E-state index is 12.2. The average Bonchev–Trinajstić information content (AvgIpc) is 2.48. The van der Waals surface area contributed by atoms with Crippen LogP contribution in [-0.2, 0) is 19.2 Å². The average molecular weight is 363 g/mol. The van der Waals surface area contributed by atoms with E-state index in [-0.39, 0.29) is 30.9 Å². The van der Waals surface area contributed by atoms with Crippen molar-refractivity contribution in [2.45, 2.75) is 51.2 Å². The lowest BCUT2D eigenvalue weighted by atomic mass is 10.0.